The smallest absolute Gasteiger partial charge is 0.255 e. The molecule has 110 valence electrons. The van der Waals surface area contributed by atoms with E-state index in [4.69, 9.17) is 10.5 Å². The summed E-state index contributed by atoms with van der Waals surface area (Å²) in [4.78, 5) is 12.1. The van der Waals surface area contributed by atoms with Crippen LogP contribution in [0.3, 0.4) is 0 Å². The number of halogens is 1. The highest BCUT2D eigenvalue weighted by Crippen LogP contribution is 2.26. The third-order valence-electron chi connectivity index (χ3n) is 2.95. The van der Waals surface area contributed by atoms with E-state index >= 15 is 0 Å². The molecule has 0 aromatic heterocycles. The molecule has 0 aliphatic heterocycles. The standard InChI is InChI=1S/C16H17FN2O2/c1-3-21-15-8-10(2)4-7-14(15)19-16(20)11-5-6-13(18)12(17)9-11/h4-9H,3,18H2,1-2H3,(H,19,20). The molecule has 5 heteroatoms. The molecule has 0 spiro atoms. The van der Waals surface area contributed by atoms with Gasteiger partial charge in [0, 0.05) is 5.56 Å². The molecule has 1 amide bonds. The summed E-state index contributed by atoms with van der Waals surface area (Å²) in [5.74, 6) is -0.447. The highest BCUT2D eigenvalue weighted by atomic mass is 19.1. The normalized spacial score (nSPS) is 10.2. The number of nitrogens with two attached hydrogens (primary N) is 1. The molecule has 0 radical (unpaired) electrons. The average Bonchev–Trinajstić information content (AvgIpc) is 2.45. The Balaban J connectivity index is 2.24. The van der Waals surface area contributed by atoms with Gasteiger partial charge in [-0.2, -0.15) is 0 Å². The van der Waals surface area contributed by atoms with Gasteiger partial charge in [-0.05, 0) is 49.7 Å². The fourth-order valence-electron chi connectivity index (χ4n) is 1.87. The molecule has 0 atom stereocenters. The molecule has 0 aliphatic carbocycles. The number of carbonyl (C=O) groups is 1. The number of benzene rings is 2. The van der Waals surface area contributed by atoms with Crippen LogP contribution in [0.5, 0.6) is 5.75 Å². The molecule has 3 N–H and O–H groups in total. The van der Waals surface area contributed by atoms with Crippen LogP contribution >= 0.6 is 0 Å². The van der Waals surface area contributed by atoms with Crippen LogP contribution in [0.25, 0.3) is 0 Å². The summed E-state index contributed by atoms with van der Waals surface area (Å²) in [6.07, 6.45) is 0. The van der Waals surface area contributed by atoms with Crippen LogP contribution in [-0.2, 0) is 0 Å². The van der Waals surface area contributed by atoms with E-state index in [-0.39, 0.29) is 11.3 Å². The van der Waals surface area contributed by atoms with Gasteiger partial charge in [0.15, 0.2) is 0 Å². The molecule has 2 aromatic carbocycles. The van der Waals surface area contributed by atoms with Crippen molar-refractivity contribution in [2.45, 2.75) is 13.8 Å². The van der Waals surface area contributed by atoms with Crippen LogP contribution < -0.4 is 15.8 Å². The van der Waals surface area contributed by atoms with Gasteiger partial charge in [-0.15, -0.1) is 0 Å². The zero-order chi connectivity index (χ0) is 15.4. The minimum absolute atomic E-state index is 0.0110. The largest absolute Gasteiger partial charge is 0.492 e. The van der Waals surface area contributed by atoms with Gasteiger partial charge >= 0.3 is 0 Å². The van der Waals surface area contributed by atoms with Crippen LogP contribution in [0.1, 0.15) is 22.8 Å². The monoisotopic (exact) mass is 288 g/mol. The number of nitrogen functional groups attached to an aromatic ring is 1. The number of ether oxygens (including phenoxy) is 1. The number of hydrogen-bond donors (Lipinski definition) is 2. The first-order chi connectivity index (χ1) is 10.0. The second-order valence-electron chi connectivity index (χ2n) is 4.62. The van der Waals surface area contributed by atoms with Crippen molar-refractivity contribution in [3.8, 4) is 5.75 Å². The zero-order valence-electron chi connectivity index (χ0n) is 11.9. The summed E-state index contributed by atoms with van der Waals surface area (Å²) in [5, 5.41) is 2.71. The quantitative estimate of drug-likeness (QED) is 0.848. The number of nitrogens with one attached hydrogen (secondary N) is 1. The SMILES string of the molecule is CCOc1cc(C)ccc1NC(=O)c1ccc(N)c(F)c1. The molecular formula is C16H17FN2O2. The first-order valence-corrected chi connectivity index (χ1v) is 6.61. The Bertz CT molecular complexity index is 671. The maximum Gasteiger partial charge on any atom is 0.255 e. The van der Waals surface area contributed by atoms with E-state index in [9.17, 15) is 9.18 Å². The summed E-state index contributed by atoms with van der Waals surface area (Å²) < 4.78 is 18.9. The Hall–Kier alpha value is -2.56. The van der Waals surface area contributed by atoms with Crippen molar-refractivity contribution in [3.05, 3.63) is 53.3 Å². The number of rotatable bonds is 4. The maximum atomic E-state index is 13.4. The molecule has 0 aliphatic rings. The summed E-state index contributed by atoms with van der Waals surface area (Å²) >= 11 is 0. The highest BCUT2D eigenvalue weighted by molar-refractivity contribution is 6.05. The highest BCUT2D eigenvalue weighted by Gasteiger charge is 2.12. The molecule has 21 heavy (non-hydrogen) atoms. The Morgan fingerprint density at radius 3 is 2.71 bits per heavy atom. The third kappa shape index (κ3) is 3.51. The summed E-state index contributed by atoms with van der Waals surface area (Å²) in [7, 11) is 0. The number of aryl methyl sites for hydroxylation is 1. The molecule has 0 saturated heterocycles. The van der Waals surface area contributed by atoms with Crippen LogP contribution in [0.4, 0.5) is 15.8 Å². The molecular weight excluding hydrogens is 271 g/mol. The minimum Gasteiger partial charge on any atom is -0.492 e. The Kier molecular flexibility index (Phi) is 4.42. The predicted octanol–water partition coefficient (Wildman–Crippen LogP) is 3.37. The van der Waals surface area contributed by atoms with Gasteiger partial charge in [0.1, 0.15) is 11.6 Å². The number of hydrogen-bond acceptors (Lipinski definition) is 3. The van der Waals surface area contributed by atoms with E-state index in [1.54, 1.807) is 6.07 Å². The lowest BCUT2D eigenvalue weighted by Gasteiger charge is -2.12. The van der Waals surface area contributed by atoms with Gasteiger partial charge in [0.2, 0.25) is 0 Å². The van der Waals surface area contributed by atoms with E-state index in [1.807, 2.05) is 26.0 Å². The van der Waals surface area contributed by atoms with Crippen molar-refractivity contribution in [3.63, 3.8) is 0 Å². The molecule has 4 nitrogen and oxygen atoms in total. The van der Waals surface area contributed by atoms with E-state index in [0.717, 1.165) is 11.6 Å². The molecule has 0 unspecified atom stereocenters. The molecule has 0 heterocycles. The minimum atomic E-state index is -0.614. The molecule has 0 fully saturated rings. The lowest BCUT2D eigenvalue weighted by molar-refractivity contribution is 0.102. The maximum absolute atomic E-state index is 13.4. The van der Waals surface area contributed by atoms with Crippen molar-refractivity contribution < 1.29 is 13.9 Å². The molecule has 2 aromatic rings. The van der Waals surface area contributed by atoms with E-state index in [2.05, 4.69) is 5.32 Å². The topological polar surface area (TPSA) is 64.3 Å². The first-order valence-electron chi connectivity index (χ1n) is 6.61. The van der Waals surface area contributed by atoms with Crippen molar-refractivity contribution in [1.82, 2.24) is 0 Å². The van der Waals surface area contributed by atoms with Crippen molar-refractivity contribution in [1.29, 1.82) is 0 Å². The first kappa shape index (κ1) is 14.8. The van der Waals surface area contributed by atoms with E-state index < -0.39 is 11.7 Å². The Morgan fingerprint density at radius 2 is 2.05 bits per heavy atom. The fraction of sp³-hybridized carbons (Fsp3) is 0.188. The second kappa shape index (κ2) is 6.26. The van der Waals surface area contributed by atoms with Gasteiger partial charge < -0.3 is 15.8 Å². The number of amides is 1. The third-order valence-corrected chi connectivity index (χ3v) is 2.95. The predicted molar refractivity (Wildman–Crippen MR) is 81.1 cm³/mol. The van der Waals surface area contributed by atoms with Crippen LogP contribution in [0, 0.1) is 12.7 Å². The Morgan fingerprint density at radius 1 is 1.29 bits per heavy atom. The Labute approximate surface area is 122 Å². The fourth-order valence-corrected chi connectivity index (χ4v) is 1.87. The second-order valence-corrected chi connectivity index (χ2v) is 4.62. The molecule has 2 rings (SSSR count). The molecule has 0 saturated carbocycles. The van der Waals surface area contributed by atoms with Gasteiger partial charge in [0.05, 0.1) is 18.0 Å². The van der Waals surface area contributed by atoms with Crippen LogP contribution in [0.15, 0.2) is 36.4 Å². The summed E-state index contributed by atoms with van der Waals surface area (Å²) in [6.45, 7) is 4.29. The van der Waals surface area contributed by atoms with E-state index in [1.165, 1.54) is 12.1 Å². The molecule has 0 bridgehead atoms. The number of anilines is 2. The lowest BCUT2D eigenvalue weighted by Crippen LogP contribution is -2.13. The van der Waals surface area contributed by atoms with Crippen LogP contribution in [-0.4, -0.2) is 12.5 Å². The van der Waals surface area contributed by atoms with Crippen molar-refractivity contribution >= 4 is 17.3 Å². The van der Waals surface area contributed by atoms with Gasteiger partial charge in [-0.3, -0.25) is 4.79 Å². The van der Waals surface area contributed by atoms with Gasteiger partial charge in [0.25, 0.3) is 5.91 Å². The van der Waals surface area contributed by atoms with Gasteiger partial charge in [-0.1, -0.05) is 6.07 Å². The zero-order valence-corrected chi connectivity index (χ0v) is 11.9. The van der Waals surface area contributed by atoms with E-state index in [0.29, 0.717) is 18.0 Å². The van der Waals surface area contributed by atoms with Crippen molar-refractivity contribution in [2.24, 2.45) is 0 Å². The summed E-state index contributed by atoms with van der Waals surface area (Å²) in [6, 6.07) is 9.40. The van der Waals surface area contributed by atoms with Gasteiger partial charge in [-0.25, -0.2) is 4.39 Å². The van der Waals surface area contributed by atoms with Crippen LogP contribution in [0.2, 0.25) is 0 Å². The summed E-state index contributed by atoms with van der Waals surface area (Å²) in [5.41, 5.74) is 7.17. The lowest BCUT2D eigenvalue weighted by atomic mass is 10.1. The van der Waals surface area contributed by atoms with Crippen molar-refractivity contribution in [2.75, 3.05) is 17.7 Å². The number of carbonyl (C=O) groups excluding carboxylic acids is 1. The average molecular weight is 288 g/mol.